The maximum absolute atomic E-state index is 10.1. The Bertz CT molecular complexity index is 646. The highest BCUT2D eigenvalue weighted by Crippen LogP contribution is 2.31. The maximum Gasteiger partial charge on any atom is 0.226 e. The fraction of sp³-hybridized carbons (Fsp3) is 0.583. The molecule has 3 heterocycles. The lowest BCUT2D eigenvalue weighted by atomic mass is 10.1. The Morgan fingerprint density at radius 2 is 2.05 bits per heavy atom. The molecule has 0 saturated carbocycles. The standard InChI is InChI=1S/C12H17N5O4/c1-16(2)12-13-3-6-10(15-12)17(5-14-6)11-9(20)8(19)7(4-18)21-11/h3,5,7-9,11,18-20H,4H2,1-2H3. The van der Waals surface area contributed by atoms with E-state index in [0.717, 1.165) is 0 Å². The van der Waals surface area contributed by atoms with Crippen molar-refractivity contribution in [3.05, 3.63) is 12.5 Å². The summed E-state index contributed by atoms with van der Waals surface area (Å²) in [6, 6.07) is 0. The van der Waals surface area contributed by atoms with E-state index in [1.54, 1.807) is 11.1 Å². The first-order valence-electron chi connectivity index (χ1n) is 6.52. The smallest absolute Gasteiger partial charge is 0.226 e. The number of hydrogen-bond acceptors (Lipinski definition) is 8. The Kier molecular flexibility index (Phi) is 3.49. The van der Waals surface area contributed by atoms with E-state index in [1.165, 1.54) is 10.9 Å². The third kappa shape index (κ3) is 2.23. The van der Waals surface area contributed by atoms with Crippen LogP contribution in [-0.2, 0) is 4.74 Å². The molecule has 3 rings (SSSR count). The molecule has 1 saturated heterocycles. The molecule has 4 unspecified atom stereocenters. The monoisotopic (exact) mass is 295 g/mol. The lowest BCUT2D eigenvalue weighted by molar-refractivity contribution is -0.0511. The number of fused-ring (bicyclic) bond motifs is 1. The van der Waals surface area contributed by atoms with Crippen LogP contribution < -0.4 is 4.90 Å². The van der Waals surface area contributed by atoms with E-state index in [2.05, 4.69) is 15.0 Å². The number of nitrogens with zero attached hydrogens (tertiary/aromatic N) is 5. The van der Waals surface area contributed by atoms with Gasteiger partial charge in [-0.05, 0) is 0 Å². The average Bonchev–Trinajstić information content (AvgIpc) is 3.01. The SMILES string of the molecule is CN(C)c1ncc2ncn(C3OC(CO)C(O)C3O)c2n1. The van der Waals surface area contributed by atoms with Gasteiger partial charge in [0.1, 0.15) is 23.8 Å². The van der Waals surface area contributed by atoms with Gasteiger partial charge in [0.25, 0.3) is 0 Å². The Labute approximate surface area is 120 Å². The lowest BCUT2D eigenvalue weighted by Crippen LogP contribution is -2.33. The number of aromatic nitrogens is 4. The number of anilines is 1. The Morgan fingerprint density at radius 1 is 1.29 bits per heavy atom. The van der Waals surface area contributed by atoms with Gasteiger partial charge in [-0.1, -0.05) is 0 Å². The molecule has 1 aliphatic rings. The molecule has 0 spiro atoms. The van der Waals surface area contributed by atoms with E-state index in [1.807, 2.05) is 14.1 Å². The summed E-state index contributed by atoms with van der Waals surface area (Å²) in [5.41, 5.74) is 1.04. The molecule has 0 radical (unpaired) electrons. The van der Waals surface area contributed by atoms with Crippen molar-refractivity contribution in [3.63, 3.8) is 0 Å². The number of aliphatic hydroxyl groups is 3. The second-order valence-electron chi connectivity index (χ2n) is 5.15. The topological polar surface area (TPSA) is 117 Å². The highest BCUT2D eigenvalue weighted by molar-refractivity contribution is 5.71. The molecule has 9 heteroatoms. The van der Waals surface area contributed by atoms with Gasteiger partial charge >= 0.3 is 0 Å². The van der Waals surface area contributed by atoms with Crippen LogP contribution in [0.25, 0.3) is 11.2 Å². The molecule has 2 aromatic heterocycles. The van der Waals surface area contributed by atoms with Crippen LogP contribution in [0.15, 0.2) is 12.5 Å². The van der Waals surface area contributed by atoms with Gasteiger partial charge in [-0.2, -0.15) is 4.98 Å². The third-order valence-corrected chi connectivity index (χ3v) is 3.49. The molecule has 2 aromatic rings. The maximum atomic E-state index is 10.1. The Hall–Kier alpha value is -1.81. The molecule has 3 N–H and O–H groups in total. The molecule has 0 amide bonds. The summed E-state index contributed by atoms with van der Waals surface area (Å²) in [6.45, 7) is -0.376. The van der Waals surface area contributed by atoms with Crippen LogP contribution >= 0.6 is 0 Å². The minimum Gasteiger partial charge on any atom is -0.394 e. The van der Waals surface area contributed by atoms with Crippen LogP contribution in [0.5, 0.6) is 0 Å². The molecule has 1 aliphatic heterocycles. The van der Waals surface area contributed by atoms with Crippen LogP contribution in [-0.4, -0.2) is 73.9 Å². The minimum atomic E-state index is -1.17. The number of hydrogen-bond donors (Lipinski definition) is 3. The van der Waals surface area contributed by atoms with E-state index in [-0.39, 0.29) is 6.61 Å². The fourth-order valence-corrected chi connectivity index (χ4v) is 2.33. The first-order chi connectivity index (χ1) is 10.0. The van der Waals surface area contributed by atoms with Gasteiger partial charge in [0.2, 0.25) is 5.95 Å². The van der Waals surface area contributed by atoms with Crippen LogP contribution in [0.1, 0.15) is 6.23 Å². The second-order valence-corrected chi connectivity index (χ2v) is 5.15. The molecule has 9 nitrogen and oxygen atoms in total. The zero-order valence-electron chi connectivity index (χ0n) is 11.7. The van der Waals surface area contributed by atoms with E-state index in [9.17, 15) is 10.2 Å². The molecule has 1 fully saturated rings. The molecule has 4 atom stereocenters. The van der Waals surface area contributed by atoms with Gasteiger partial charge in [0, 0.05) is 14.1 Å². The molecule has 0 bridgehead atoms. The summed E-state index contributed by atoms with van der Waals surface area (Å²) < 4.78 is 7.02. The molecule has 114 valence electrons. The van der Waals surface area contributed by atoms with Gasteiger partial charge in [0.05, 0.1) is 19.1 Å². The van der Waals surface area contributed by atoms with Crippen molar-refractivity contribution in [1.29, 1.82) is 0 Å². The van der Waals surface area contributed by atoms with Crippen molar-refractivity contribution in [2.45, 2.75) is 24.5 Å². The van der Waals surface area contributed by atoms with Gasteiger partial charge < -0.3 is 25.0 Å². The van der Waals surface area contributed by atoms with E-state index in [4.69, 9.17) is 9.84 Å². The summed E-state index contributed by atoms with van der Waals surface area (Å²) in [5.74, 6) is 0.496. The van der Waals surface area contributed by atoms with Crippen LogP contribution in [0.2, 0.25) is 0 Å². The predicted octanol–water partition coefficient (Wildman–Crippen LogP) is -1.50. The first-order valence-corrected chi connectivity index (χ1v) is 6.52. The van der Waals surface area contributed by atoms with Gasteiger partial charge in [-0.15, -0.1) is 0 Å². The highest BCUT2D eigenvalue weighted by Gasteiger charge is 2.43. The summed E-state index contributed by atoms with van der Waals surface area (Å²) >= 11 is 0. The zero-order chi connectivity index (χ0) is 15.1. The third-order valence-electron chi connectivity index (χ3n) is 3.49. The summed E-state index contributed by atoms with van der Waals surface area (Å²) in [4.78, 5) is 14.4. The highest BCUT2D eigenvalue weighted by atomic mass is 16.6. The van der Waals surface area contributed by atoms with Crippen molar-refractivity contribution >= 4 is 17.1 Å². The van der Waals surface area contributed by atoms with Crippen LogP contribution in [0, 0.1) is 0 Å². The van der Waals surface area contributed by atoms with Crippen molar-refractivity contribution in [1.82, 2.24) is 19.5 Å². The second kappa shape index (κ2) is 5.19. The predicted molar refractivity (Wildman–Crippen MR) is 72.7 cm³/mol. The summed E-state index contributed by atoms with van der Waals surface area (Å²) in [5, 5.41) is 29.1. The fourth-order valence-electron chi connectivity index (χ4n) is 2.33. The van der Waals surface area contributed by atoms with Crippen molar-refractivity contribution in [2.75, 3.05) is 25.6 Å². The Morgan fingerprint density at radius 3 is 2.67 bits per heavy atom. The Balaban J connectivity index is 2.02. The van der Waals surface area contributed by atoms with E-state index >= 15 is 0 Å². The largest absolute Gasteiger partial charge is 0.394 e. The minimum absolute atomic E-state index is 0.376. The lowest BCUT2D eigenvalue weighted by Gasteiger charge is -2.17. The van der Waals surface area contributed by atoms with Crippen molar-refractivity contribution in [3.8, 4) is 0 Å². The van der Waals surface area contributed by atoms with Crippen LogP contribution in [0.4, 0.5) is 5.95 Å². The molecular weight excluding hydrogens is 278 g/mol. The van der Waals surface area contributed by atoms with Gasteiger partial charge in [-0.25, -0.2) is 9.97 Å². The normalized spacial score (nSPS) is 29.2. The summed E-state index contributed by atoms with van der Waals surface area (Å²) in [6.07, 6.45) is -0.969. The van der Waals surface area contributed by atoms with Crippen molar-refractivity contribution < 1.29 is 20.1 Å². The first kappa shape index (κ1) is 14.1. The van der Waals surface area contributed by atoms with Crippen molar-refractivity contribution in [2.24, 2.45) is 0 Å². The number of aliphatic hydroxyl groups excluding tert-OH is 3. The molecule has 0 aromatic carbocycles. The number of imidazole rings is 1. The molecule has 0 aliphatic carbocycles. The quantitative estimate of drug-likeness (QED) is 0.626. The molecule has 21 heavy (non-hydrogen) atoms. The summed E-state index contributed by atoms with van der Waals surface area (Å²) in [7, 11) is 3.63. The zero-order valence-corrected chi connectivity index (χ0v) is 11.7. The van der Waals surface area contributed by atoms with Crippen LogP contribution in [0.3, 0.4) is 0 Å². The van der Waals surface area contributed by atoms with Gasteiger partial charge in [0.15, 0.2) is 11.9 Å². The molecular formula is C12H17N5O4. The van der Waals surface area contributed by atoms with E-state index < -0.39 is 24.5 Å². The average molecular weight is 295 g/mol. The van der Waals surface area contributed by atoms with E-state index in [0.29, 0.717) is 17.1 Å². The number of ether oxygens (including phenoxy) is 1. The number of rotatable bonds is 3. The van der Waals surface area contributed by atoms with Gasteiger partial charge in [-0.3, -0.25) is 4.57 Å².